The Morgan fingerprint density at radius 3 is 2.88 bits per heavy atom. The number of fused-ring (bicyclic) bond motifs is 2. The maximum atomic E-state index is 7.39. The number of nitrogens with zero attached hydrogens (tertiary/aromatic N) is 2. The minimum Gasteiger partial charge on any atom is -0.359 e. The normalized spacial score (nSPS) is 39.0. The Balaban J connectivity index is 1.28. The van der Waals surface area contributed by atoms with Gasteiger partial charge >= 0.3 is 0 Å². The smallest absolute Gasteiger partial charge is 0.0980 e. The molecule has 3 heteroatoms. The van der Waals surface area contributed by atoms with Gasteiger partial charge in [-0.15, -0.1) is 0 Å². The highest BCUT2D eigenvalue weighted by molar-refractivity contribution is 5.87. The molecule has 0 radical (unpaired) electrons. The third-order valence-corrected chi connectivity index (χ3v) is 9.93. The summed E-state index contributed by atoms with van der Waals surface area (Å²) in [6, 6.07) is 9.66. The van der Waals surface area contributed by atoms with Gasteiger partial charge in [0.15, 0.2) is 0 Å². The van der Waals surface area contributed by atoms with Crippen LogP contribution in [0.1, 0.15) is 57.4 Å². The molecule has 5 aliphatic rings. The lowest BCUT2D eigenvalue weighted by molar-refractivity contribution is -0.134. The second-order valence-corrected chi connectivity index (χ2v) is 11.6. The Morgan fingerprint density at radius 2 is 2.00 bits per heavy atom. The molecule has 2 aliphatic heterocycles. The first kappa shape index (κ1) is 20.2. The van der Waals surface area contributed by atoms with Crippen molar-refractivity contribution in [2.75, 3.05) is 14.1 Å². The predicted octanol–water partition coefficient (Wildman–Crippen LogP) is 6.32. The molecule has 3 nitrogen and oxygen atoms in total. The topological polar surface area (TPSA) is 25.4 Å². The predicted molar refractivity (Wildman–Crippen MR) is 134 cm³/mol. The number of benzene rings is 1. The summed E-state index contributed by atoms with van der Waals surface area (Å²) in [4.78, 5) is 6.71. The van der Waals surface area contributed by atoms with E-state index in [1.54, 1.807) is 5.57 Å². The van der Waals surface area contributed by atoms with Crippen LogP contribution < -0.4 is 0 Å². The van der Waals surface area contributed by atoms with Crippen LogP contribution in [0.25, 0.3) is 16.3 Å². The molecule has 2 fully saturated rings. The fraction of sp³-hybridized carbons (Fsp3) is 0.500. The minimum absolute atomic E-state index is 0.0263. The quantitative estimate of drug-likeness (QED) is 0.549. The van der Waals surface area contributed by atoms with Crippen LogP contribution >= 0.6 is 0 Å². The second-order valence-electron chi connectivity index (χ2n) is 11.6. The first-order chi connectivity index (χ1) is 15.9. The number of pyridine rings is 1. The van der Waals surface area contributed by atoms with Crippen LogP contribution in [0.15, 0.2) is 66.0 Å². The molecule has 2 bridgehead atoms. The van der Waals surface area contributed by atoms with Gasteiger partial charge in [-0.2, -0.15) is 0 Å². The largest absolute Gasteiger partial charge is 0.359 e. The van der Waals surface area contributed by atoms with E-state index in [0.717, 1.165) is 19.3 Å². The molecule has 7 rings (SSSR count). The number of aromatic nitrogens is 1. The van der Waals surface area contributed by atoms with E-state index in [4.69, 9.17) is 4.74 Å². The van der Waals surface area contributed by atoms with E-state index in [-0.39, 0.29) is 16.6 Å². The van der Waals surface area contributed by atoms with Gasteiger partial charge in [-0.1, -0.05) is 37.3 Å². The van der Waals surface area contributed by atoms with E-state index < -0.39 is 0 Å². The van der Waals surface area contributed by atoms with Crippen molar-refractivity contribution < 1.29 is 4.74 Å². The molecule has 2 spiro atoms. The lowest BCUT2D eigenvalue weighted by Crippen LogP contribution is -2.54. The highest BCUT2D eigenvalue weighted by Gasteiger charge is 2.65. The number of rotatable bonds is 2. The fourth-order valence-electron chi connectivity index (χ4n) is 8.10. The highest BCUT2D eigenvalue weighted by atomic mass is 16.5. The standard InChI is InChI=1S/C30H34N2O/c1-28-12-10-24-17-23-6-7-25(32(2)3)18-29(23)13-14-30(24,33-29)27(28)9-8-26(28)21-4-5-22-19-31-15-11-20(22)16-21/h4-5,8,10-11,15-17,19,25,27H,6-7,9,12-14,18H2,1-3H3/t25-,27+,28+,29+,30+/m0/s1. The summed E-state index contributed by atoms with van der Waals surface area (Å²) < 4.78 is 7.39. The maximum Gasteiger partial charge on any atom is 0.0980 e. The summed E-state index contributed by atoms with van der Waals surface area (Å²) in [6.45, 7) is 2.51. The molecule has 1 saturated carbocycles. The van der Waals surface area contributed by atoms with E-state index in [2.05, 4.69) is 73.4 Å². The third kappa shape index (κ3) is 2.61. The summed E-state index contributed by atoms with van der Waals surface area (Å²) in [6.07, 6.45) is 19.7. The van der Waals surface area contributed by atoms with Crippen molar-refractivity contribution in [3.63, 3.8) is 0 Å². The third-order valence-electron chi connectivity index (χ3n) is 9.93. The van der Waals surface area contributed by atoms with E-state index >= 15 is 0 Å². The van der Waals surface area contributed by atoms with Gasteiger partial charge in [0.1, 0.15) is 0 Å². The van der Waals surface area contributed by atoms with Crippen molar-refractivity contribution in [1.29, 1.82) is 0 Å². The average molecular weight is 439 g/mol. The van der Waals surface area contributed by atoms with Crippen LogP contribution in [0.4, 0.5) is 0 Å². The molecule has 0 N–H and O–H groups in total. The zero-order chi connectivity index (χ0) is 22.4. The molecule has 1 aromatic heterocycles. The van der Waals surface area contributed by atoms with Crippen molar-refractivity contribution in [2.24, 2.45) is 11.3 Å². The number of allylic oxidation sites excluding steroid dienone is 3. The van der Waals surface area contributed by atoms with Gasteiger partial charge in [-0.25, -0.2) is 0 Å². The van der Waals surface area contributed by atoms with Crippen molar-refractivity contribution >= 4 is 16.3 Å². The van der Waals surface area contributed by atoms with E-state index in [0.29, 0.717) is 12.0 Å². The molecule has 0 unspecified atom stereocenters. The molecule has 3 aliphatic carbocycles. The number of ether oxygens (including phenoxy) is 1. The molecule has 5 atom stereocenters. The van der Waals surface area contributed by atoms with Gasteiger partial charge in [0.05, 0.1) is 11.2 Å². The Morgan fingerprint density at radius 1 is 1.09 bits per heavy atom. The Bertz CT molecular complexity index is 1250. The van der Waals surface area contributed by atoms with Crippen molar-refractivity contribution in [3.05, 3.63) is 71.6 Å². The fourth-order valence-corrected chi connectivity index (χ4v) is 8.10. The molecule has 2 aromatic rings. The Kier molecular flexibility index (Phi) is 4.08. The van der Waals surface area contributed by atoms with Crippen molar-refractivity contribution in [2.45, 2.75) is 69.1 Å². The van der Waals surface area contributed by atoms with Gasteiger partial charge in [0.25, 0.3) is 0 Å². The van der Waals surface area contributed by atoms with Crippen molar-refractivity contribution in [3.8, 4) is 0 Å². The van der Waals surface area contributed by atoms with E-state index in [1.165, 1.54) is 53.2 Å². The minimum atomic E-state index is -0.107. The Hall–Kier alpha value is -2.23. The molecule has 3 heterocycles. The summed E-state index contributed by atoms with van der Waals surface area (Å²) in [7, 11) is 4.47. The van der Waals surface area contributed by atoms with Gasteiger partial charge in [-0.05, 0) is 98.8 Å². The first-order valence-electron chi connectivity index (χ1n) is 12.8. The molecule has 33 heavy (non-hydrogen) atoms. The summed E-state index contributed by atoms with van der Waals surface area (Å²) >= 11 is 0. The first-order valence-corrected chi connectivity index (χ1v) is 12.8. The zero-order valence-electron chi connectivity index (χ0n) is 20.1. The second kappa shape index (κ2) is 6.67. The maximum absolute atomic E-state index is 7.39. The SMILES string of the molecule is CN(C)[C@H]1CCC2=CC3=CC[C@]4(C)C(c5ccc6cnccc6c5)=CC[C@H]4[C@@]34CC[C@]2(C1)O4. The van der Waals surface area contributed by atoms with Crippen LogP contribution in [0.2, 0.25) is 0 Å². The van der Waals surface area contributed by atoms with E-state index in [1.807, 2.05) is 12.4 Å². The van der Waals surface area contributed by atoms with Crippen LogP contribution in [-0.4, -0.2) is 41.2 Å². The van der Waals surface area contributed by atoms with Gasteiger partial charge < -0.3 is 9.64 Å². The average Bonchev–Trinajstić information content (AvgIpc) is 3.33. The van der Waals surface area contributed by atoms with Crippen LogP contribution in [0.5, 0.6) is 0 Å². The lowest BCUT2D eigenvalue weighted by atomic mass is 9.58. The number of hydrogen-bond donors (Lipinski definition) is 0. The lowest BCUT2D eigenvalue weighted by Gasteiger charge is -2.54. The summed E-state index contributed by atoms with van der Waals surface area (Å²) in [5.74, 6) is 0.519. The van der Waals surface area contributed by atoms with Crippen LogP contribution in [-0.2, 0) is 4.74 Å². The summed E-state index contributed by atoms with van der Waals surface area (Å²) in [5, 5.41) is 2.49. The van der Waals surface area contributed by atoms with Gasteiger partial charge in [-0.3, -0.25) is 4.98 Å². The van der Waals surface area contributed by atoms with Crippen LogP contribution in [0, 0.1) is 11.3 Å². The van der Waals surface area contributed by atoms with Gasteiger partial charge in [0.2, 0.25) is 0 Å². The molecule has 0 amide bonds. The number of hydrogen-bond acceptors (Lipinski definition) is 3. The van der Waals surface area contributed by atoms with Crippen LogP contribution in [0.3, 0.4) is 0 Å². The highest BCUT2D eigenvalue weighted by Crippen LogP contribution is 2.67. The van der Waals surface area contributed by atoms with E-state index in [9.17, 15) is 0 Å². The van der Waals surface area contributed by atoms with Crippen molar-refractivity contribution in [1.82, 2.24) is 9.88 Å². The molecule has 170 valence electrons. The molecule has 1 aromatic carbocycles. The van der Waals surface area contributed by atoms with Gasteiger partial charge in [0, 0.05) is 35.2 Å². The monoisotopic (exact) mass is 438 g/mol. The molecular weight excluding hydrogens is 404 g/mol. The molecular formula is C30H34N2O. The summed E-state index contributed by atoms with van der Waals surface area (Å²) in [5.41, 5.74) is 5.96. The zero-order valence-corrected chi connectivity index (χ0v) is 20.1. The molecule has 1 saturated heterocycles. The Labute approximate surface area is 197 Å².